The lowest BCUT2D eigenvalue weighted by atomic mass is 10.0. The van der Waals surface area contributed by atoms with Gasteiger partial charge in [0.2, 0.25) is 5.91 Å². The number of nitrogens with one attached hydrogen (secondary N) is 1. The Hall–Kier alpha value is -1.36. The summed E-state index contributed by atoms with van der Waals surface area (Å²) in [5.41, 5.74) is 0. The van der Waals surface area contributed by atoms with E-state index in [0.717, 1.165) is 13.0 Å². The molecule has 1 saturated heterocycles. The van der Waals surface area contributed by atoms with E-state index in [-0.39, 0.29) is 12.3 Å². The van der Waals surface area contributed by atoms with Crippen LogP contribution in [0.2, 0.25) is 0 Å². The summed E-state index contributed by atoms with van der Waals surface area (Å²) in [6, 6.07) is 0. The fraction of sp³-hybridized carbons (Fsp3) is 0.667. The molecule has 5 nitrogen and oxygen atoms in total. The number of amides is 1. The van der Waals surface area contributed by atoms with Crippen molar-refractivity contribution >= 4 is 11.9 Å². The maximum atomic E-state index is 11.7. The monoisotopic (exact) mass is 240 g/mol. The molecule has 1 fully saturated rings. The van der Waals surface area contributed by atoms with Gasteiger partial charge in [0.1, 0.15) is 0 Å². The second kappa shape index (κ2) is 7.06. The van der Waals surface area contributed by atoms with Gasteiger partial charge in [-0.1, -0.05) is 6.08 Å². The Morgan fingerprint density at radius 2 is 2.29 bits per heavy atom. The van der Waals surface area contributed by atoms with E-state index in [1.807, 2.05) is 4.90 Å². The van der Waals surface area contributed by atoms with Crippen molar-refractivity contribution in [3.05, 3.63) is 12.7 Å². The molecule has 0 aliphatic carbocycles. The second-order valence-corrected chi connectivity index (χ2v) is 4.35. The molecule has 0 saturated carbocycles. The first-order chi connectivity index (χ1) is 8.13. The summed E-state index contributed by atoms with van der Waals surface area (Å²) in [4.78, 5) is 24.0. The minimum Gasteiger partial charge on any atom is -0.481 e. The van der Waals surface area contributed by atoms with Gasteiger partial charge in [0.15, 0.2) is 0 Å². The van der Waals surface area contributed by atoms with Gasteiger partial charge in [-0.3, -0.25) is 9.59 Å². The lowest BCUT2D eigenvalue weighted by molar-refractivity contribution is -0.137. The van der Waals surface area contributed by atoms with E-state index in [4.69, 9.17) is 5.11 Å². The molecule has 2 N–H and O–H groups in total. The summed E-state index contributed by atoms with van der Waals surface area (Å²) in [5.74, 6) is -0.332. The van der Waals surface area contributed by atoms with Crippen molar-refractivity contribution in [2.24, 2.45) is 5.92 Å². The zero-order valence-electron chi connectivity index (χ0n) is 10.0. The number of carboxylic acid groups (broad SMARTS) is 1. The highest BCUT2D eigenvalue weighted by Gasteiger charge is 2.25. The van der Waals surface area contributed by atoms with Gasteiger partial charge in [-0.2, -0.15) is 0 Å². The standard InChI is InChI=1S/C12H20N2O3/c1-2-6-13-8-11(15)14-7-5-10(9-14)3-4-12(16)17/h2,10,13H,1,3-9H2,(H,16,17). The molecule has 96 valence electrons. The van der Waals surface area contributed by atoms with Crippen molar-refractivity contribution in [3.8, 4) is 0 Å². The van der Waals surface area contributed by atoms with Crippen LogP contribution >= 0.6 is 0 Å². The normalized spacial score (nSPS) is 19.3. The maximum Gasteiger partial charge on any atom is 0.303 e. The van der Waals surface area contributed by atoms with E-state index in [1.54, 1.807) is 6.08 Å². The SMILES string of the molecule is C=CCNCC(=O)N1CCC(CCC(=O)O)C1. The van der Waals surface area contributed by atoms with Gasteiger partial charge < -0.3 is 15.3 Å². The molecule has 1 aliphatic rings. The van der Waals surface area contributed by atoms with Crippen LogP contribution in [0, 0.1) is 5.92 Å². The second-order valence-electron chi connectivity index (χ2n) is 4.35. The lowest BCUT2D eigenvalue weighted by Crippen LogP contribution is -2.36. The summed E-state index contributed by atoms with van der Waals surface area (Å²) >= 11 is 0. The number of carbonyl (C=O) groups excluding carboxylic acids is 1. The molecule has 1 unspecified atom stereocenters. The predicted molar refractivity (Wildman–Crippen MR) is 64.6 cm³/mol. The molecule has 1 atom stereocenters. The molecule has 1 heterocycles. The topological polar surface area (TPSA) is 69.6 Å². The molecular formula is C12H20N2O3. The van der Waals surface area contributed by atoms with Crippen LogP contribution in [0.5, 0.6) is 0 Å². The number of aliphatic carboxylic acids is 1. The number of carbonyl (C=O) groups is 2. The van der Waals surface area contributed by atoms with Crippen LogP contribution in [0.1, 0.15) is 19.3 Å². The van der Waals surface area contributed by atoms with Crippen LogP contribution < -0.4 is 5.32 Å². The van der Waals surface area contributed by atoms with Crippen molar-refractivity contribution in [1.29, 1.82) is 0 Å². The fourth-order valence-electron chi connectivity index (χ4n) is 2.02. The van der Waals surface area contributed by atoms with Crippen LogP contribution in [0.15, 0.2) is 12.7 Å². The quantitative estimate of drug-likeness (QED) is 0.501. The molecule has 0 spiro atoms. The highest BCUT2D eigenvalue weighted by molar-refractivity contribution is 5.78. The van der Waals surface area contributed by atoms with E-state index < -0.39 is 5.97 Å². The van der Waals surface area contributed by atoms with Crippen molar-refractivity contribution in [3.63, 3.8) is 0 Å². The van der Waals surface area contributed by atoms with Gasteiger partial charge in [0, 0.05) is 26.1 Å². The molecule has 0 aromatic rings. The number of likely N-dealkylation sites (tertiary alicyclic amines) is 1. The van der Waals surface area contributed by atoms with Crippen LogP contribution in [0.3, 0.4) is 0 Å². The third-order valence-electron chi connectivity index (χ3n) is 2.97. The smallest absolute Gasteiger partial charge is 0.303 e. The van der Waals surface area contributed by atoms with Gasteiger partial charge in [-0.05, 0) is 18.8 Å². The van der Waals surface area contributed by atoms with E-state index in [0.29, 0.717) is 32.0 Å². The number of carboxylic acids is 1. The molecule has 17 heavy (non-hydrogen) atoms. The third-order valence-corrected chi connectivity index (χ3v) is 2.97. The van der Waals surface area contributed by atoms with Gasteiger partial charge in [0.05, 0.1) is 6.54 Å². The van der Waals surface area contributed by atoms with Crippen LogP contribution in [-0.2, 0) is 9.59 Å². The zero-order chi connectivity index (χ0) is 12.7. The van der Waals surface area contributed by atoms with Gasteiger partial charge in [-0.15, -0.1) is 6.58 Å². The first kappa shape index (κ1) is 13.7. The maximum absolute atomic E-state index is 11.7. The summed E-state index contributed by atoms with van der Waals surface area (Å²) in [6.45, 7) is 5.97. The first-order valence-electron chi connectivity index (χ1n) is 5.94. The predicted octanol–water partition coefficient (Wildman–Crippen LogP) is 0.475. The highest BCUT2D eigenvalue weighted by atomic mass is 16.4. The molecule has 5 heteroatoms. The number of rotatable bonds is 7. The molecule has 1 rings (SSSR count). The number of hydrogen-bond acceptors (Lipinski definition) is 3. The molecule has 0 bridgehead atoms. The largest absolute Gasteiger partial charge is 0.481 e. The Bertz CT molecular complexity index is 291. The molecule has 0 aromatic carbocycles. The lowest BCUT2D eigenvalue weighted by Gasteiger charge is -2.16. The molecule has 1 amide bonds. The number of hydrogen-bond donors (Lipinski definition) is 2. The number of nitrogens with zero attached hydrogens (tertiary/aromatic N) is 1. The van der Waals surface area contributed by atoms with E-state index in [1.165, 1.54) is 0 Å². The Balaban J connectivity index is 2.22. The zero-order valence-corrected chi connectivity index (χ0v) is 10.0. The Kier molecular flexibility index (Phi) is 5.69. The van der Waals surface area contributed by atoms with Crippen LogP contribution in [0.4, 0.5) is 0 Å². The Morgan fingerprint density at radius 1 is 1.53 bits per heavy atom. The first-order valence-corrected chi connectivity index (χ1v) is 5.94. The van der Waals surface area contributed by atoms with E-state index in [2.05, 4.69) is 11.9 Å². The minimum absolute atomic E-state index is 0.0877. The van der Waals surface area contributed by atoms with Crippen molar-refractivity contribution < 1.29 is 14.7 Å². The summed E-state index contributed by atoms with van der Waals surface area (Å²) < 4.78 is 0. The van der Waals surface area contributed by atoms with Crippen LogP contribution in [0.25, 0.3) is 0 Å². The van der Waals surface area contributed by atoms with Gasteiger partial charge in [-0.25, -0.2) is 0 Å². The van der Waals surface area contributed by atoms with Gasteiger partial charge >= 0.3 is 5.97 Å². The Morgan fingerprint density at radius 3 is 2.94 bits per heavy atom. The summed E-state index contributed by atoms with van der Waals surface area (Å²) in [7, 11) is 0. The average molecular weight is 240 g/mol. The van der Waals surface area contributed by atoms with Crippen molar-refractivity contribution in [1.82, 2.24) is 10.2 Å². The molecule has 0 radical (unpaired) electrons. The molecule has 0 aromatic heterocycles. The average Bonchev–Trinajstić information content (AvgIpc) is 2.75. The van der Waals surface area contributed by atoms with Crippen LogP contribution in [-0.4, -0.2) is 48.1 Å². The summed E-state index contributed by atoms with van der Waals surface area (Å²) in [6.07, 6.45) is 3.49. The Labute approximate surface area is 101 Å². The minimum atomic E-state index is -0.762. The molecule has 1 aliphatic heterocycles. The van der Waals surface area contributed by atoms with E-state index >= 15 is 0 Å². The third kappa shape index (κ3) is 4.99. The van der Waals surface area contributed by atoms with Crippen molar-refractivity contribution in [2.45, 2.75) is 19.3 Å². The summed E-state index contributed by atoms with van der Waals surface area (Å²) in [5, 5.41) is 11.6. The highest BCUT2D eigenvalue weighted by Crippen LogP contribution is 2.20. The van der Waals surface area contributed by atoms with Gasteiger partial charge in [0.25, 0.3) is 0 Å². The van der Waals surface area contributed by atoms with Crippen molar-refractivity contribution in [2.75, 3.05) is 26.2 Å². The fourth-order valence-corrected chi connectivity index (χ4v) is 2.02. The molecular weight excluding hydrogens is 220 g/mol. The van der Waals surface area contributed by atoms with E-state index in [9.17, 15) is 9.59 Å².